The maximum atomic E-state index is 13.4. The fourth-order valence-corrected chi connectivity index (χ4v) is 8.37. The third-order valence-electron chi connectivity index (χ3n) is 7.40. The first-order valence-electron chi connectivity index (χ1n) is 9.65. The minimum atomic E-state index is -0.304. The first-order valence-corrected chi connectivity index (χ1v) is 12.2. The molecular formula is C21H23Br3O4. The molecule has 0 heterocycles. The number of aromatic hydroxyl groups is 1. The van der Waals surface area contributed by atoms with Crippen LogP contribution in [0, 0.1) is 24.2 Å². The summed E-state index contributed by atoms with van der Waals surface area (Å²) in [6.45, 7) is 5.67. The zero-order chi connectivity index (χ0) is 20.5. The van der Waals surface area contributed by atoms with E-state index in [1.54, 1.807) is 0 Å². The third-order valence-corrected chi connectivity index (χ3v) is 10.2. The minimum Gasteiger partial charge on any atom is -0.506 e. The van der Waals surface area contributed by atoms with Crippen LogP contribution in [0.4, 0.5) is 0 Å². The van der Waals surface area contributed by atoms with E-state index < -0.39 is 0 Å². The summed E-state index contributed by atoms with van der Waals surface area (Å²) in [5.74, 6) is 0.575. The summed E-state index contributed by atoms with van der Waals surface area (Å²) in [5, 5.41) is 10.4. The van der Waals surface area contributed by atoms with Crippen LogP contribution in [0.25, 0.3) is 0 Å². The number of rotatable bonds is 1. The predicted octanol–water partition coefficient (Wildman–Crippen LogP) is 6.03. The van der Waals surface area contributed by atoms with E-state index in [1.165, 1.54) is 6.92 Å². The van der Waals surface area contributed by atoms with Gasteiger partial charge in [-0.3, -0.25) is 9.59 Å². The van der Waals surface area contributed by atoms with Crippen LogP contribution in [-0.4, -0.2) is 27.8 Å². The molecule has 3 aliphatic carbocycles. The number of phenolic OH excluding ortho intramolecular Hbond substituents is 1. The van der Waals surface area contributed by atoms with E-state index in [9.17, 15) is 14.7 Å². The quantitative estimate of drug-likeness (QED) is 0.327. The number of phenols is 1. The van der Waals surface area contributed by atoms with Crippen molar-refractivity contribution < 1.29 is 19.4 Å². The standard InChI is InChI=1S/C21H23Br3O4/c1-8-13-10-6-7-21(3)11(4-5-12(21)28-9(2)25)14(10)17(23)19(26)15(13)18(24)20(27)16(8)22/h10-12,14,17,27H,4-7H2,1-3H3/t10-,11+,12+,14-,17+,21+/m1/s1. The van der Waals surface area contributed by atoms with Gasteiger partial charge in [0, 0.05) is 17.9 Å². The van der Waals surface area contributed by atoms with Gasteiger partial charge in [-0.15, -0.1) is 0 Å². The van der Waals surface area contributed by atoms with Crippen molar-refractivity contribution in [1.29, 1.82) is 0 Å². The monoisotopic (exact) mass is 576 g/mol. The molecule has 152 valence electrons. The normalized spacial score (nSPS) is 36.5. The molecule has 6 atom stereocenters. The second kappa shape index (κ2) is 7.09. The maximum Gasteiger partial charge on any atom is 0.302 e. The molecule has 0 bridgehead atoms. The molecule has 4 rings (SSSR count). The molecule has 0 radical (unpaired) electrons. The van der Waals surface area contributed by atoms with Gasteiger partial charge >= 0.3 is 5.97 Å². The van der Waals surface area contributed by atoms with Crippen molar-refractivity contribution in [3.05, 3.63) is 25.6 Å². The Balaban J connectivity index is 1.83. The lowest BCUT2D eigenvalue weighted by Gasteiger charge is -2.52. The van der Waals surface area contributed by atoms with Gasteiger partial charge in [0.2, 0.25) is 0 Å². The third kappa shape index (κ3) is 2.78. The number of carbonyl (C=O) groups is 2. The van der Waals surface area contributed by atoms with Crippen LogP contribution in [-0.2, 0) is 9.53 Å². The Morgan fingerprint density at radius 1 is 1.21 bits per heavy atom. The van der Waals surface area contributed by atoms with Crippen LogP contribution in [0.5, 0.6) is 5.75 Å². The van der Waals surface area contributed by atoms with Crippen LogP contribution in [0.15, 0.2) is 8.95 Å². The Kier molecular flexibility index (Phi) is 5.28. The zero-order valence-corrected chi connectivity index (χ0v) is 20.8. The Morgan fingerprint density at radius 3 is 2.54 bits per heavy atom. The number of ether oxygens (including phenoxy) is 1. The Morgan fingerprint density at radius 2 is 1.89 bits per heavy atom. The highest BCUT2D eigenvalue weighted by molar-refractivity contribution is 9.11. The number of halogens is 3. The smallest absolute Gasteiger partial charge is 0.302 e. The van der Waals surface area contributed by atoms with Crippen LogP contribution in [0.1, 0.15) is 66.9 Å². The van der Waals surface area contributed by atoms with E-state index in [4.69, 9.17) is 4.74 Å². The van der Waals surface area contributed by atoms with Crippen molar-refractivity contribution in [2.75, 3.05) is 0 Å². The van der Waals surface area contributed by atoms with Gasteiger partial charge in [-0.2, -0.15) is 0 Å². The van der Waals surface area contributed by atoms with Gasteiger partial charge in [-0.05, 0) is 93.3 Å². The number of esters is 1. The summed E-state index contributed by atoms with van der Waals surface area (Å²) in [4.78, 5) is 24.7. The average molecular weight is 579 g/mol. The second-order valence-corrected chi connectivity index (χ2v) is 11.2. The first-order chi connectivity index (χ1) is 13.1. The lowest BCUT2D eigenvalue weighted by atomic mass is 9.54. The van der Waals surface area contributed by atoms with Crippen molar-refractivity contribution in [1.82, 2.24) is 0 Å². The molecule has 1 N–H and O–H groups in total. The largest absolute Gasteiger partial charge is 0.506 e. The number of alkyl halides is 1. The summed E-state index contributed by atoms with van der Waals surface area (Å²) < 4.78 is 6.81. The van der Waals surface area contributed by atoms with Crippen LogP contribution in [0.3, 0.4) is 0 Å². The van der Waals surface area contributed by atoms with Crippen LogP contribution < -0.4 is 0 Å². The van der Waals surface area contributed by atoms with Crippen LogP contribution in [0.2, 0.25) is 0 Å². The molecule has 4 nitrogen and oxygen atoms in total. The number of hydrogen-bond acceptors (Lipinski definition) is 4. The molecule has 7 heteroatoms. The highest BCUT2D eigenvalue weighted by Gasteiger charge is 2.60. The molecular weight excluding hydrogens is 556 g/mol. The molecule has 1 aromatic rings. The Bertz CT molecular complexity index is 883. The van der Waals surface area contributed by atoms with Gasteiger partial charge in [-0.1, -0.05) is 22.9 Å². The first kappa shape index (κ1) is 20.9. The zero-order valence-electron chi connectivity index (χ0n) is 16.0. The molecule has 0 spiro atoms. The van der Waals surface area contributed by atoms with E-state index in [0.717, 1.165) is 36.8 Å². The van der Waals surface area contributed by atoms with Gasteiger partial charge in [-0.25, -0.2) is 0 Å². The lowest BCUT2D eigenvalue weighted by Crippen LogP contribution is -2.50. The van der Waals surface area contributed by atoms with Crippen LogP contribution >= 0.6 is 47.8 Å². The molecule has 0 aliphatic heterocycles. The second-order valence-electron chi connectivity index (χ2n) is 8.67. The van der Waals surface area contributed by atoms with Crippen molar-refractivity contribution in [3.63, 3.8) is 0 Å². The minimum absolute atomic E-state index is 0.0224. The Labute approximate surface area is 190 Å². The van der Waals surface area contributed by atoms with Gasteiger partial charge in [0.25, 0.3) is 0 Å². The summed E-state index contributed by atoms with van der Waals surface area (Å²) in [6.07, 6.45) is 3.63. The topological polar surface area (TPSA) is 63.6 Å². The molecule has 28 heavy (non-hydrogen) atoms. The fourth-order valence-electron chi connectivity index (χ4n) is 6.12. The van der Waals surface area contributed by atoms with Crippen molar-refractivity contribution in [3.8, 4) is 5.75 Å². The SMILES string of the molecule is CC(=O)O[C@H]1CC[C@H]2[C@@H]3[C@H](Br)C(=O)c4c(Br)c(O)c(Br)c(C)c4[C@H]3CC[C@]12C. The number of benzene rings is 1. The van der Waals surface area contributed by atoms with Gasteiger partial charge in [0.1, 0.15) is 11.9 Å². The van der Waals surface area contributed by atoms with Gasteiger partial charge in [0.15, 0.2) is 5.78 Å². The number of fused-ring (bicyclic) bond motifs is 5. The van der Waals surface area contributed by atoms with E-state index >= 15 is 0 Å². The number of ketones is 1. The van der Waals surface area contributed by atoms with E-state index in [2.05, 4.69) is 54.7 Å². The molecule has 0 aromatic heterocycles. The maximum absolute atomic E-state index is 13.4. The number of Topliss-reactive ketones (excluding diaryl/α,β-unsaturated/α-hetero) is 1. The highest BCUT2D eigenvalue weighted by atomic mass is 79.9. The predicted molar refractivity (Wildman–Crippen MR) is 117 cm³/mol. The fraction of sp³-hybridized carbons (Fsp3) is 0.619. The highest BCUT2D eigenvalue weighted by Crippen LogP contribution is 2.64. The van der Waals surface area contributed by atoms with Crippen molar-refractivity contribution >= 4 is 59.5 Å². The summed E-state index contributed by atoms with van der Waals surface area (Å²) >= 11 is 10.7. The molecule has 0 unspecified atom stereocenters. The molecule has 0 amide bonds. The summed E-state index contributed by atoms with van der Waals surface area (Å²) in [5.41, 5.74) is 2.51. The number of hydrogen-bond donors (Lipinski definition) is 1. The molecule has 3 aliphatic rings. The summed E-state index contributed by atoms with van der Waals surface area (Å²) in [6, 6.07) is 0. The number of carbonyl (C=O) groups excluding carboxylic acids is 2. The van der Waals surface area contributed by atoms with Crippen molar-refractivity contribution in [2.24, 2.45) is 17.3 Å². The van der Waals surface area contributed by atoms with E-state index in [0.29, 0.717) is 20.4 Å². The average Bonchev–Trinajstić information content (AvgIpc) is 2.96. The lowest BCUT2D eigenvalue weighted by molar-refractivity contribution is -0.154. The molecule has 2 saturated carbocycles. The van der Waals surface area contributed by atoms with Crippen molar-refractivity contribution in [2.45, 2.75) is 63.3 Å². The van der Waals surface area contributed by atoms with Gasteiger partial charge in [0.05, 0.1) is 13.8 Å². The summed E-state index contributed by atoms with van der Waals surface area (Å²) in [7, 11) is 0. The van der Waals surface area contributed by atoms with E-state index in [1.807, 2.05) is 6.92 Å². The molecule has 0 saturated heterocycles. The molecule has 2 fully saturated rings. The van der Waals surface area contributed by atoms with Gasteiger partial charge < -0.3 is 9.84 Å². The molecule has 1 aromatic carbocycles. The Hall–Kier alpha value is -0.400. The van der Waals surface area contributed by atoms with E-state index in [-0.39, 0.29) is 45.7 Å².